The summed E-state index contributed by atoms with van der Waals surface area (Å²) >= 11 is 0. The molecule has 1 aliphatic rings. The van der Waals surface area contributed by atoms with Crippen LogP contribution in [0.3, 0.4) is 0 Å². The van der Waals surface area contributed by atoms with Gasteiger partial charge in [-0.25, -0.2) is 4.98 Å². The smallest absolute Gasteiger partial charge is 0.263 e. The molecule has 1 fully saturated rings. The third kappa shape index (κ3) is 2.43. The summed E-state index contributed by atoms with van der Waals surface area (Å²) in [6.07, 6.45) is 0.126. The van der Waals surface area contributed by atoms with Crippen LogP contribution in [0.2, 0.25) is 5.21 Å². The number of nitrogens with zero attached hydrogens (tertiary/aromatic N) is 2. The molecule has 7 nitrogen and oxygen atoms in total. The molecule has 0 spiro atoms. The minimum atomic E-state index is -1.28. The summed E-state index contributed by atoms with van der Waals surface area (Å²) < 4.78 is 1.40. The molecule has 1 unspecified atom stereocenters. The van der Waals surface area contributed by atoms with E-state index in [0.29, 0.717) is 22.4 Å². The lowest BCUT2D eigenvalue weighted by molar-refractivity contribution is -0.138. The van der Waals surface area contributed by atoms with Gasteiger partial charge in [0, 0.05) is 12.1 Å². The van der Waals surface area contributed by atoms with Gasteiger partial charge < -0.3 is 5.73 Å². The number of imide groups is 1. The first-order valence-corrected chi connectivity index (χ1v) is 8.98. The number of carbonyl (C=O) groups is 2. The highest BCUT2D eigenvalue weighted by atomic mass is 16.2. The van der Waals surface area contributed by atoms with Crippen molar-refractivity contribution in [1.82, 2.24) is 14.9 Å². The Morgan fingerprint density at radius 3 is 2.22 bits per heavy atom. The fourth-order valence-corrected chi connectivity index (χ4v) is 4.09. The summed E-state index contributed by atoms with van der Waals surface area (Å²) in [7, 11) is 11.0. The SMILES string of the molecule is Bc1c(B)c(N)c2c(=O)n(C3(B)C(=O)NC(=O)CC3(B)B)c(C)nc2c1B. The Morgan fingerprint density at radius 2 is 1.67 bits per heavy atom. The standard InChI is InChI=1S/C14H20B6N4O3/c1-3-22-10-5(9(21)7(16)6(15)8(10)17)11(26)24(3)14(20)12(27)23-4(25)2-13(14,18)19/h2,15-21H2,1H3,(H,23,25,27). The van der Waals surface area contributed by atoms with E-state index < -0.39 is 16.6 Å². The summed E-state index contributed by atoms with van der Waals surface area (Å²) in [6, 6.07) is 0. The van der Waals surface area contributed by atoms with Crippen molar-refractivity contribution in [1.29, 1.82) is 0 Å². The van der Waals surface area contributed by atoms with E-state index in [1.165, 1.54) is 4.57 Å². The van der Waals surface area contributed by atoms with Gasteiger partial charge in [-0.05, 0) is 6.92 Å². The fourth-order valence-electron chi connectivity index (χ4n) is 4.09. The van der Waals surface area contributed by atoms with E-state index in [1.54, 1.807) is 14.8 Å². The lowest BCUT2D eigenvalue weighted by Crippen LogP contribution is -2.66. The molecule has 2 heterocycles. The first-order chi connectivity index (χ1) is 12.3. The van der Waals surface area contributed by atoms with Gasteiger partial charge in [0.1, 0.15) is 52.9 Å². The highest BCUT2D eigenvalue weighted by Gasteiger charge is 2.54. The molecule has 3 rings (SSSR count). The molecule has 1 aromatic heterocycles. The van der Waals surface area contributed by atoms with Crippen molar-refractivity contribution in [3.05, 3.63) is 16.2 Å². The zero-order valence-corrected chi connectivity index (χ0v) is 16.9. The number of carbonyl (C=O) groups excluding carboxylic acids is 2. The molecular formula is C14H20B6N4O3. The number of aromatic nitrogens is 2. The van der Waals surface area contributed by atoms with Gasteiger partial charge in [0.05, 0.1) is 16.3 Å². The topological polar surface area (TPSA) is 107 Å². The quantitative estimate of drug-likeness (QED) is 0.300. The molecule has 1 saturated heterocycles. The predicted octanol–water partition coefficient (Wildman–Crippen LogP) is -8.22. The van der Waals surface area contributed by atoms with E-state index >= 15 is 0 Å². The number of piperidine rings is 1. The number of rotatable bonds is 1. The minimum absolute atomic E-state index is 0.126. The maximum absolute atomic E-state index is 13.6. The molecule has 3 N–H and O–H groups in total. The number of hydrogen-bond donors (Lipinski definition) is 2. The number of benzene rings is 1. The Balaban J connectivity index is 2.49. The summed E-state index contributed by atoms with van der Waals surface area (Å²) in [6.45, 7) is 1.71. The number of hydrogen-bond acceptors (Lipinski definition) is 5. The van der Waals surface area contributed by atoms with Crippen molar-refractivity contribution in [2.75, 3.05) is 5.73 Å². The second-order valence-corrected chi connectivity index (χ2v) is 8.32. The van der Waals surface area contributed by atoms with Crippen molar-refractivity contribution < 1.29 is 9.59 Å². The first-order valence-electron chi connectivity index (χ1n) is 8.98. The first kappa shape index (κ1) is 19.5. The van der Waals surface area contributed by atoms with Crippen LogP contribution in [-0.4, -0.2) is 68.4 Å². The van der Waals surface area contributed by atoms with Gasteiger partial charge in [-0.2, -0.15) is 0 Å². The van der Waals surface area contributed by atoms with E-state index in [0.717, 1.165) is 16.4 Å². The van der Waals surface area contributed by atoms with Crippen LogP contribution in [-0.2, 0) is 15.0 Å². The number of anilines is 1. The molecule has 0 bridgehead atoms. The van der Waals surface area contributed by atoms with Crippen LogP contribution >= 0.6 is 0 Å². The summed E-state index contributed by atoms with van der Waals surface area (Å²) in [4.78, 5) is 43.1. The fraction of sp³-hybridized carbons (Fsp3) is 0.286. The van der Waals surface area contributed by atoms with Crippen molar-refractivity contribution in [3.63, 3.8) is 0 Å². The van der Waals surface area contributed by atoms with Gasteiger partial charge in [-0.15, -0.1) is 0 Å². The van der Waals surface area contributed by atoms with E-state index in [9.17, 15) is 14.4 Å². The zero-order chi connectivity index (χ0) is 20.5. The van der Waals surface area contributed by atoms with Crippen molar-refractivity contribution in [3.8, 4) is 0 Å². The van der Waals surface area contributed by atoms with Crippen LogP contribution in [0.15, 0.2) is 4.79 Å². The number of nitrogen functional groups attached to an aromatic ring is 1. The Morgan fingerprint density at radius 1 is 1.07 bits per heavy atom. The van der Waals surface area contributed by atoms with Crippen molar-refractivity contribution in [2.24, 2.45) is 0 Å². The second kappa shape index (κ2) is 5.84. The van der Waals surface area contributed by atoms with Crippen LogP contribution in [0.25, 0.3) is 10.9 Å². The van der Waals surface area contributed by atoms with Gasteiger partial charge >= 0.3 is 0 Å². The zero-order valence-electron chi connectivity index (χ0n) is 16.9. The lowest BCUT2D eigenvalue weighted by atomic mass is 9.37. The third-order valence-corrected chi connectivity index (χ3v) is 6.47. The Labute approximate surface area is 162 Å². The maximum Gasteiger partial charge on any atom is 0.263 e. The Bertz CT molecular complexity index is 1100. The molecular weight excluding hydrogens is 337 g/mol. The largest absolute Gasteiger partial charge is 0.398 e. The molecule has 2 aromatic rings. The molecule has 132 valence electrons. The molecule has 0 saturated carbocycles. The van der Waals surface area contributed by atoms with Gasteiger partial charge in [0.15, 0.2) is 0 Å². The normalized spacial score (nSPS) is 22.0. The van der Waals surface area contributed by atoms with E-state index in [4.69, 9.17) is 5.73 Å². The van der Waals surface area contributed by atoms with Crippen LogP contribution in [0.4, 0.5) is 5.69 Å². The molecule has 1 aromatic carbocycles. The van der Waals surface area contributed by atoms with Crippen molar-refractivity contribution in [2.45, 2.75) is 24.0 Å². The number of nitrogens with two attached hydrogens (primary N) is 1. The van der Waals surface area contributed by atoms with E-state index in [1.807, 2.05) is 39.2 Å². The predicted molar refractivity (Wildman–Crippen MR) is 124 cm³/mol. The van der Waals surface area contributed by atoms with Crippen LogP contribution in [0, 0.1) is 6.92 Å². The van der Waals surface area contributed by atoms with Crippen LogP contribution in [0.5, 0.6) is 0 Å². The summed E-state index contributed by atoms with van der Waals surface area (Å²) in [5.74, 6) is -0.434. The molecule has 0 radical (unpaired) electrons. The van der Waals surface area contributed by atoms with Crippen molar-refractivity contribution >= 4 is 91.9 Å². The molecule has 2 amide bonds. The number of nitrogens with one attached hydrogen (secondary N) is 1. The Kier molecular flexibility index (Phi) is 4.21. The average Bonchev–Trinajstić information content (AvgIpc) is 2.55. The molecule has 27 heavy (non-hydrogen) atoms. The van der Waals surface area contributed by atoms with E-state index in [-0.39, 0.29) is 17.9 Å². The van der Waals surface area contributed by atoms with Gasteiger partial charge in [0.25, 0.3) is 5.56 Å². The Hall–Kier alpha value is -2.31. The molecule has 0 aliphatic carbocycles. The van der Waals surface area contributed by atoms with Crippen LogP contribution in [0.1, 0.15) is 12.2 Å². The van der Waals surface area contributed by atoms with Gasteiger partial charge in [-0.3, -0.25) is 24.3 Å². The molecule has 13 heteroatoms. The molecule has 1 atom stereocenters. The second-order valence-electron chi connectivity index (χ2n) is 8.32. The minimum Gasteiger partial charge on any atom is -0.398 e. The van der Waals surface area contributed by atoms with E-state index in [2.05, 4.69) is 10.3 Å². The monoisotopic (exact) mass is 358 g/mol. The van der Waals surface area contributed by atoms with Gasteiger partial charge in [-0.1, -0.05) is 21.6 Å². The lowest BCUT2D eigenvalue weighted by Gasteiger charge is -2.48. The maximum atomic E-state index is 13.6. The van der Waals surface area contributed by atoms with Gasteiger partial charge in [0.2, 0.25) is 11.8 Å². The highest BCUT2D eigenvalue weighted by Crippen LogP contribution is 2.42. The highest BCUT2D eigenvalue weighted by molar-refractivity contribution is 6.61. The average molecular weight is 357 g/mol. The summed E-state index contributed by atoms with van der Waals surface area (Å²) in [5.41, 5.74) is 8.33. The molecule has 1 aliphatic heterocycles. The third-order valence-electron chi connectivity index (χ3n) is 6.47. The number of amides is 2. The number of fused-ring (bicyclic) bond motifs is 1. The number of aryl methyl sites for hydroxylation is 1. The van der Waals surface area contributed by atoms with Crippen LogP contribution < -0.4 is 33.0 Å². The summed E-state index contributed by atoms with van der Waals surface area (Å²) in [5, 5.41) is 1.92.